The van der Waals surface area contributed by atoms with Gasteiger partial charge in [0.15, 0.2) is 0 Å². The second-order valence-corrected chi connectivity index (χ2v) is 6.25. The quantitative estimate of drug-likeness (QED) is 0.531. The molecule has 0 radical (unpaired) electrons. The Morgan fingerprint density at radius 3 is 2.45 bits per heavy atom. The maximum Gasteiger partial charge on any atom is 0.148 e. The predicted octanol–water partition coefficient (Wildman–Crippen LogP) is 1.08. The van der Waals surface area contributed by atoms with Gasteiger partial charge in [0.25, 0.3) is 0 Å². The summed E-state index contributed by atoms with van der Waals surface area (Å²) in [5.74, 6) is 2.90. The van der Waals surface area contributed by atoms with Gasteiger partial charge in [0.05, 0.1) is 5.75 Å². The van der Waals surface area contributed by atoms with Crippen LogP contribution in [0.4, 0.5) is 0 Å². The lowest BCUT2D eigenvalue weighted by molar-refractivity contribution is 0.603. The minimum atomic E-state index is -2.75. The first kappa shape index (κ1) is 11.6. The van der Waals surface area contributed by atoms with Gasteiger partial charge in [-0.1, -0.05) is 0 Å². The van der Waals surface area contributed by atoms with Gasteiger partial charge in [-0.25, -0.2) is 8.42 Å². The van der Waals surface area contributed by atoms with E-state index < -0.39 is 9.84 Å². The molecule has 2 nitrogen and oxygen atoms in total. The summed E-state index contributed by atoms with van der Waals surface area (Å²) in [6, 6.07) is 0. The average Bonchev–Trinajstić information content (AvgIpc) is 1.85. The van der Waals surface area contributed by atoms with Gasteiger partial charge in [-0.05, 0) is 17.9 Å². The summed E-state index contributed by atoms with van der Waals surface area (Å²) < 4.78 is 21.3. The van der Waals surface area contributed by atoms with Crippen molar-refractivity contribution in [2.75, 3.05) is 29.3 Å². The van der Waals surface area contributed by atoms with Gasteiger partial charge in [-0.2, -0.15) is 24.4 Å². The van der Waals surface area contributed by atoms with Crippen molar-refractivity contribution in [2.45, 2.75) is 6.42 Å². The molecule has 0 saturated carbocycles. The van der Waals surface area contributed by atoms with Crippen molar-refractivity contribution in [2.24, 2.45) is 0 Å². The van der Waals surface area contributed by atoms with Gasteiger partial charge in [0.1, 0.15) is 9.84 Å². The SMILES string of the molecule is CS(=O)(=O)CCSCCCS. The third-order valence-corrected chi connectivity index (χ3v) is 3.64. The van der Waals surface area contributed by atoms with Crippen molar-refractivity contribution in [3.05, 3.63) is 0 Å². The normalized spacial score (nSPS) is 11.8. The van der Waals surface area contributed by atoms with E-state index in [-0.39, 0.29) is 0 Å². The molecule has 68 valence electrons. The highest BCUT2D eigenvalue weighted by Crippen LogP contribution is 2.03. The molecular weight excluding hydrogens is 200 g/mol. The molecule has 0 spiro atoms. The molecule has 0 atom stereocenters. The van der Waals surface area contributed by atoms with Crippen molar-refractivity contribution in [1.29, 1.82) is 0 Å². The Bertz CT molecular complexity index is 174. The Balaban J connectivity index is 3.16. The number of rotatable bonds is 6. The average molecular weight is 214 g/mol. The fraction of sp³-hybridized carbons (Fsp3) is 1.00. The lowest BCUT2D eigenvalue weighted by Crippen LogP contribution is -2.05. The molecule has 0 heterocycles. The highest BCUT2D eigenvalue weighted by atomic mass is 32.2. The summed E-state index contributed by atoms with van der Waals surface area (Å²) in [7, 11) is -2.75. The number of thiol groups is 1. The van der Waals surface area contributed by atoms with Crippen LogP contribution < -0.4 is 0 Å². The van der Waals surface area contributed by atoms with Crippen molar-refractivity contribution >= 4 is 34.2 Å². The van der Waals surface area contributed by atoms with Crippen LogP contribution >= 0.6 is 24.4 Å². The van der Waals surface area contributed by atoms with E-state index in [1.807, 2.05) is 0 Å². The van der Waals surface area contributed by atoms with Crippen LogP contribution in [0.3, 0.4) is 0 Å². The molecule has 0 fully saturated rings. The van der Waals surface area contributed by atoms with Crippen molar-refractivity contribution in [3.63, 3.8) is 0 Å². The summed E-state index contributed by atoms with van der Waals surface area (Å²) >= 11 is 5.72. The largest absolute Gasteiger partial charge is 0.229 e. The Hall–Kier alpha value is 0.650. The van der Waals surface area contributed by atoms with Crippen LogP contribution in [-0.2, 0) is 9.84 Å². The fourth-order valence-electron chi connectivity index (χ4n) is 0.479. The third-order valence-electron chi connectivity index (χ3n) is 1.05. The van der Waals surface area contributed by atoms with Gasteiger partial charge in [-0.15, -0.1) is 0 Å². The van der Waals surface area contributed by atoms with E-state index in [0.717, 1.165) is 17.9 Å². The van der Waals surface area contributed by atoms with Crippen LogP contribution in [0.25, 0.3) is 0 Å². The molecule has 0 aromatic rings. The zero-order chi connectivity index (χ0) is 8.74. The van der Waals surface area contributed by atoms with Crippen molar-refractivity contribution < 1.29 is 8.42 Å². The molecule has 0 aliphatic rings. The first-order valence-electron chi connectivity index (χ1n) is 3.42. The second-order valence-electron chi connectivity index (χ2n) is 2.32. The summed E-state index contributed by atoms with van der Waals surface area (Å²) in [4.78, 5) is 0. The minimum Gasteiger partial charge on any atom is -0.229 e. The van der Waals surface area contributed by atoms with Crippen LogP contribution in [0.15, 0.2) is 0 Å². The van der Waals surface area contributed by atoms with E-state index >= 15 is 0 Å². The number of thioether (sulfide) groups is 1. The number of sulfone groups is 1. The topological polar surface area (TPSA) is 34.1 Å². The molecule has 0 aliphatic heterocycles. The van der Waals surface area contributed by atoms with Crippen LogP contribution in [0, 0.1) is 0 Å². The van der Waals surface area contributed by atoms with Gasteiger partial charge in [-0.3, -0.25) is 0 Å². The number of hydrogen-bond donors (Lipinski definition) is 1. The third kappa shape index (κ3) is 10.7. The fourth-order valence-corrected chi connectivity index (χ4v) is 3.09. The molecular formula is C6H14O2S3. The van der Waals surface area contributed by atoms with Crippen LogP contribution in [0.1, 0.15) is 6.42 Å². The van der Waals surface area contributed by atoms with E-state index in [0.29, 0.717) is 11.5 Å². The summed E-state index contributed by atoms with van der Waals surface area (Å²) in [5, 5.41) is 0. The molecule has 0 aromatic carbocycles. The Labute approximate surface area is 78.5 Å². The van der Waals surface area contributed by atoms with E-state index in [1.165, 1.54) is 6.26 Å². The van der Waals surface area contributed by atoms with Gasteiger partial charge in [0, 0.05) is 12.0 Å². The summed E-state index contributed by atoms with van der Waals surface area (Å²) in [5.41, 5.74) is 0. The van der Waals surface area contributed by atoms with Gasteiger partial charge >= 0.3 is 0 Å². The van der Waals surface area contributed by atoms with Crippen LogP contribution in [0.5, 0.6) is 0 Å². The van der Waals surface area contributed by atoms with Crippen molar-refractivity contribution in [3.8, 4) is 0 Å². The van der Waals surface area contributed by atoms with Crippen LogP contribution in [-0.4, -0.2) is 37.7 Å². The first-order valence-corrected chi connectivity index (χ1v) is 7.27. The molecule has 0 amide bonds. The van der Waals surface area contributed by atoms with E-state index in [1.54, 1.807) is 11.8 Å². The van der Waals surface area contributed by atoms with E-state index in [4.69, 9.17) is 0 Å². The van der Waals surface area contributed by atoms with E-state index in [9.17, 15) is 8.42 Å². The molecule has 0 unspecified atom stereocenters. The Morgan fingerprint density at radius 2 is 2.00 bits per heavy atom. The highest BCUT2D eigenvalue weighted by molar-refractivity contribution is 8.00. The van der Waals surface area contributed by atoms with Crippen LogP contribution in [0.2, 0.25) is 0 Å². The first-order chi connectivity index (χ1) is 5.06. The smallest absolute Gasteiger partial charge is 0.148 e. The lowest BCUT2D eigenvalue weighted by atomic mass is 10.6. The van der Waals surface area contributed by atoms with Gasteiger partial charge in [0.2, 0.25) is 0 Å². The zero-order valence-electron chi connectivity index (χ0n) is 6.62. The Morgan fingerprint density at radius 1 is 1.36 bits per heavy atom. The minimum absolute atomic E-state index is 0.296. The molecule has 0 aliphatic carbocycles. The zero-order valence-corrected chi connectivity index (χ0v) is 9.14. The molecule has 0 rings (SSSR count). The monoisotopic (exact) mass is 214 g/mol. The molecule has 11 heavy (non-hydrogen) atoms. The molecule has 0 N–H and O–H groups in total. The Kier molecular flexibility index (Phi) is 6.56. The molecule has 0 bridgehead atoms. The van der Waals surface area contributed by atoms with Crippen molar-refractivity contribution in [1.82, 2.24) is 0 Å². The molecule has 0 aromatic heterocycles. The maximum atomic E-state index is 10.6. The van der Waals surface area contributed by atoms with E-state index in [2.05, 4.69) is 12.6 Å². The molecule has 0 saturated heterocycles. The summed E-state index contributed by atoms with van der Waals surface area (Å²) in [6.45, 7) is 0. The molecule has 5 heteroatoms. The predicted molar refractivity (Wildman–Crippen MR) is 55.5 cm³/mol. The second kappa shape index (κ2) is 6.20. The standard InChI is InChI=1S/C6H14O2S3/c1-11(7,8)6-5-10-4-2-3-9/h9H,2-6H2,1H3. The summed E-state index contributed by atoms with van der Waals surface area (Å²) in [6.07, 6.45) is 2.32. The number of hydrogen-bond acceptors (Lipinski definition) is 4. The lowest BCUT2D eigenvalue weighted by Gasteiger charge is -1.97. The highest BCUT2D eigenvalue weighted by Gasteiger charge is 2.00. The maximum absolute atomic E-state index is 10.6. The van der Waals surface area contributed by atoms with Gasteiger partial charge < -0.3 is 0 Å².